The lowest BCUT2D eigenvalue weighted by Gasteiger charge is -2.24. The SMILES string of the molecule is O=C1c2cccc3cc(S)cc(c23)C(=O)N1OS(=O)(=O)O. The van der Waals surface area contributed by atoms with Gasteiger partial charge in [-0.05, 0) is 23.6 Å². The van der Waals surface area contributed by atoms with Gasteiger partial charge in [-0.25, -0.2) is 0 Å². The zero-order valence-corrected chi connectivity index (χ0v) is 11.9. The highest BCUT2D eigenvalue weighted by atomic mass is 32.3. The maximum atomic E-state index is 12.2. The molecule has 21 heavy (non-hydrogen) atoms. The first-order valence-electron chi connectivity index (χ1n) is 5.59. The van der Waals surface area contributed by atoms with Gasteiger partial charge in [0.15, 0.2) is 0 Å². The summed E-state index contributed by atoms with van der Waals surface area (Å²) in [5.41, 5.74) is 0.162. The Labute approximate surface area is 124 Å². The van der Waals surface area contributed by atoms with Gasteiger partial charge in [-0.1, -0.05) is 12.1 Å². The van der Waals surface area contributed by atoms with E-state index in [-0.39, 0.29) is 16.2 Å². The number of carbonyl (C=O) groups is 2. The molecular weight excluding hydrogens is 318 g/mol. The summed E-state index contributed by atoms with van der Waals surface area (Å²) in [6.07, 6.45) is 0. The second kappa shape index (κ2) is 4.53. The number of amides is 2. The third kappa shape index (κ3) is 2.29. The van der Waals surface area contributed by atoms with Crippen LogP contribution in [0.3, 0.4) is 0 Å². The van der Waals surface area contributed by atoms with Gasteiger partial charge in [0.1, 0.15) is 0 Å². The highest BCUT2D eigenvalue weighted by Crippen LogP contribution is 2.32. The van der Waals surface area contributed by atoms with Gasteiger partial charge in [-0.15, -0.1) is 22.0 Å². The summed E-state index contributed by atoms with van der Waals surface area (Å²) in [4.78, 5) is 24.8. The number of hydroxylamine groups is 2. The van der Waals surface area contributed by atoms with Crippen molar-refractivity contribution in [3.05, 3.63) is 41.5 Å². The molecule has 2 amide bonds. The number of thiol groups is 1. The van der Waals surface area contributed by atoms with Gasteiger partial charge in [0.2, 0.25) is 0 Å². The third-order valence-corrected chi connectivity index (χ3v) is 3.56. The lowest BCUT2D eigenvalue weighted by molar-refractivity contribution is -0.0217. The molecule has 7 nitrogen and oxygen atoms in total. The van der Waals surface area contributed by atoms with Crippen molar-refractivity contribution < 1.29 is 26.8 Å². The molecule has 108 valence electrons. The number of nitrogens with zero attached hydrogens (tertiary/aromatic N) is 1. The Balaban J connectivity index is 2.30. The van der Waals surface area contributed by atoms with E-state index < -0.39 is 22.2 Å². The standard InChI is InChI=1S/C12H7NO6S2/c14-11-8-3-1-2-6-4-7(20)5-9(10(6)8)12(15)13(11)19-21(16,17)18/h1-5,20H,(H,16,17,18). The normalized spacial score (nSPS) is 14.9. The maximum Gasteiger partial charge on any atom is 0.419 e. The fourth-order valence-corrected chi connectivity index (χ4v) is 2.82. The van der Waals surface area contributed by atoms with Crippen LogP contribution >= 0.6 is 12.6 Å². The largest absolute Gasteiger partial charge is 0.419 e. The molecule has 3 rings (SSSR count). The monoisotopic (exact) mass is 325 g/mol. The number of hydrogen-bond acceptors (Lipinski definition) is 6. The van der Waals surface area contributed by atoms with Gasteiger partial charge >= 0.3 is 10.4 Å². The van der Waals surface area contributed by atoms with Crippen molar-refractivity contribution in [2.24, 2.45) is 0 Å². The van der Waals surface area contributed by atoms with Crippen LogP contribution in [0.25, 0.3) is 10.8 Å². The van der Waals surface area contributed by atoms with Crippen molar-refractivity contribution in [1.82, 2.24) is 5.06 Å². The van der Waals surface area contributed by atoms with E-state index >= 15 is 0 Å². The minimum Gasteiger partial charge on any atom is -0.266 e. The lowest BCUT2D eigenvalue weighted by atomic mass is 9.95. The first kappa shape index (κ1) is 14.0. The summed E-state index contributed by atoms with van der Waals surface area (Å²) in [6.45, 7) is 0. The first-order valence-corrected chi connectivity index (χ1v) is 7.41. The summed E-state index contributed by atoms with van der Waals surface area (Å²) < 4.78 is 34.3. The topological polar surface area (TPSA) is 101 Å². The van der Waals surface area contributed by atoms with Crippen molar-refractivity contribution in [3.8, 4) is 0 Å². The molecule has 0 radical (unpaired) electrons. The molecule has 0 atom stereocenters. The van der Waals surface area contributed by atoms with Gasteiger partial charge in [-0.3, -0.25) is 14.1 Å². The fourth-order valence-electron chi connectivity index (χ4n) is 2.23. The van der Waals surface area contributed by atoms with Gasteiger partial charge < -0.3 is 0 Å². The Morgan fingerprint density at radius 1 is 1.10 bits per heavy atom. The number of imide groups is 1. The molecule has 0 bridgehead atoms. The van der Waals surface area contributed by atoms with Crippen LogP contribution in [0.15, 0.2) is 35.2 Å². The average Bonchev–Trinajstić information content (AvgIpc) is 2.39. The van der Waals surface area contributed by atoms with Crippen LogP contribution in [0, 0.1) is 0 Å². The van der Waals surface area contributed by atoms with Crippen molar-refractivity contribution in [3.63, 3.8) is 0 Å². The van der Waals surface area contributed by atoms with E-state index in [0.29, 0.717) is 15.7 Å². The molecule has 0 saturated heterocycles. The van der Waals surface area contributed by atoms with Crippen LogP contribution in [0.2, 0.25) is 0 Å². The number of benzene rings is 2. The molecule has 0 unspecified atom stereocenters. The van der Waals surface area contributed by atoms with Crippen LogP contribution in [0.4, 0.5) is 0 Å². The second-order valence-electron chi connectivity index (χ2n) is 4.30. The summed E-state index contributed by atoms with van der Waals surface area (Å²) in [5, 5.41) is 1.02. The van der Waals surface area contributed by atoms with Crippen LogP contribution in [0.1, 0.15) is 20.7 Å². The minimum atomic E-state index is -5.01. The molecule has 0 aliphatic carbocycles. The maximum absolute atomic E-state index is 12.2. The Morgan fingerprint density at radius 3 is 2.43 bits per heavy atom. The van der Waals surface area contributed by atoms with E-state index in [2.05, 4.69) is 16.9 Å². The zero-order chi connectivity index (χ0) is 15.4. The van der Waals surface area contributed by atoms with E-state index in [9.17, 15) is 18.0 Å². The molecule has 1 aliphatic rings. The number of carbonyl (C=O) groups excluding carboxylic acids is 2. The van der Waals surface area contributed by atoms with Gasteiger partial charge in [0.25, 0.3) is 11.8 Å². The molecule has 2 aromatic carbocycles. The second-order valence-corrected chi connectivity index (χ2v) is 5.82. The van der Waals surface area contributed by atoms with Crippen molar-refractivity contribution in [2.45, 2.75) is 4.90 Å². The number of hydrogen-bond donors (Lipinski definition) is 2. The third-order valence-electron chi connectivity index (χ3n) is 2.96. The Hall–Kier alpha value is -1.94. The Morgan fingerprint density at radius 2 is 1.76 bits per heavy atom. The summed E-state index contributed by atoms with van der Waals surface area (Å²) in [5.74, 6) is -1.96. The summed E-state index contributed by atoms with van der Waals surface area (Å²) in [6, 6.07) is 7.77. The molecule has 0 fully saturated rings. The summed E-state index contributed by atoms with van der Waals surface area (Å²) >= 11 is 4.16. The fraction of sp³-hybridized carbons (Fsp3) is 0. The minimum absolute atomic E-state index is 0.0135. The van der Waals surface area contributed by atoms with Crippen LogP contribution < -0.4 is 0 Å². The molecular formula is C12H7NO6S2. The van der Waals surface area contributed by atoms with E-state index in [0.717, 1.165) is 0 Å². The van der Waals surface area contributed by atoms with Gasteiger partial charge in [0.05, 0.1) is 11.1 Å². The van der Waals surface area contributed by atoms with Gasteiger partial charge in [-0.2, -0.15) is 8.42 Å². The quantitative estimate of drug-likeness (QED) is 0.492. The lowest BCUT2D eigenvalue weighted by Crippen LogP contribution is -2.41. The molecule has 0 saturated carbocycles. The van der Waals surface area contributed by atoms with E-state index in [4.69, 9.17) is 4.55 Å². The van der Waals surface area contributed by atoms with Gasteiger partial charge in [0, 0.05) is 10.3 Å². The average molecular weight is 325 g/mol. The molecule has 9 heteroatoms. The van der Waals surface area contributed by atoms with Crippen LogP contribution in [0.5, 0.6) is 0 Å². The van der Waals surface area contributed by atoms with Crippen molar-refractivity contribution in [2.75, 3.05) is 0 Å². The number of rotatable bonds is 2. The van der Waals surface area contributed by atoms with E-state index in [1.807, 2.05) is 0 Å². The molecule has 1 N–H and O–H groups in total. The highest BCUT2D eigenvalue weighted by Gasteiger charge is 2.36. The van der Waals surface area contributed by atoms with E-state index in [1.165, 1.54) is 12.1 Å². The first-order chi connectivity index (χ1) is 9.78. The summed E-state index contributed by atoms with van der Waals surface area (Å²) in [7, 11) is -5.01. The van der Waals surface area contributed by atoms with E-state index in [1.54, 1.807) is 18.2 Å². The van der Waals surface area contributed by atoms with Crippen LogP contribution in [-0.4, -0.2) is 29.8 Å². The predicted octanol–water partition coefficient (Wildman–Crippen LogP) is 1.46. The predicted molar refractivity (Wildman–Crippen MR) is 74.3 cm³/mol. The Kier molecular flexibility index (Phi) is 3.02. The molecule has 2 aromatic rings. The molecule has 0 spiro atoms. The molecule has 0 aromatic heterocycles. The molecule has 1 heterocycles. The van der Waals surface area contributed by atoms with Crippen LogP contribution in [-0.2, 0) is 14.7 Å². The zero-order valence-electron chi connectivity index (χ0n) is 10.2. The highest BCUT2D eigenvalue weighted by molar-refractivity contribution is 7.80. The smallest absolute Gasteiger partial charge is 0.266 e. The van der Waals surface area contributed by atoms with Crippen molar-refractivity contribution >= 4 is 45.6 Å². The Bertz CT molecular complexity index is 905. The molecule has 1 aliphatic heterocycles. The van der Waals surface area contributed by atoms with Crippen molar-refractivity contribution in [1.29, 1.82) is 0 Å².